The Morgan fingerprint density at radius 3 is 2.00 bits per heavy atom. The van der Waals surface area contributed by atoms with Crippen molar-refractivity contribution in [3.8, 4) is 0 Å². The first kappa shape index (κ1) is 10.1. The molecular formula is C11H17NSi. The van der Waals surface area contributed by atoms with Crippen molar-refractivity contribution >= 4 is 8.24 Å². The van der Waals surface area contributed by atoms with Crippen molar-refractivity contribution in [3.05, 3.63) is 49.8 Å². The fourth-order valence-electron chi connectivity index (χ4n) is 1.61. The molecule has 0 radical (unpaired) electrons. The predicted molar refractivity (Wildman–Crippen MR) is 61.5 cm³/mol. The van der Waals surface area contributed by atoms with E-state index in [9.17, 15) is 0 Å². The van der Waals surface area contributed by atoms with Gasteiger partial charge in [0, 0.05) is 0 Å². The van der Waals surface area contributed by atoms with Crippen LogP contribution >= 0.6 is 0 Å². The number of hydrogen-bond acceptors (Lipinski definition) is 0. The van der Waals surface area contributed by atoms with E-state index in [1.807, 2.05) is 12.2 Å². The molecule has 1 aromatic heterocycles. The minimum atomic E-state index is -1.39. The summed E-state index contributed by atoms with van der Waals surface area (Å²) in [6, 6.07) is 6.37. The van der Waals surface area contributed by atoms with Crippen molar-refractivity contribution in [3.63, 3.8) is 0 Å². The molecule has 0 spiro atoms. The van der Waals surface area contributed by atoms with Gasteiger partial charge >= 0.3 is 0 Å². The van der Waals surface area contributed by atoms with E-state index in [-0.39, 0.29) is 0 Å². The largest absolute Gasteiger partial charge is 0.380 e. The van der Waals surface area contributed by atoms with Crippen LogP contribution in [0.5, 0.6) is 0 Å². The molecule has 0 aromatic carbocycles. The van der Waals surface area contributed by atoms with E-state index in [2.05, 4.69) is 48.5 Å². The Bertz CT molecular complexity index is 264. The van der Waals surface area contributed by atoms with Gasteiger partial charge in [0.2, 0.25) is 0 Å². The summed E-state index contributed by atoms with van der Waals surface area (Å²) in [6.07, 6.45) is 8.35. The summed E-state index contributed by atoms with van der Waals surface area (Å²) < 4.78 is 2.36. The predicted octanol–water partition coefficient (Wildman–Crippen LogP) is 3.28. The average molecular weight is 191 g/mol. The third kappa shape index (κ3) is 2.22. The second-order valence-electron chi connectivity index (χ2n) is 3.57. The highest BCUT2D eigenvalue weighted by molar-refractivity contribution is 6.77. The Hall–Kier alpha value is -1.02. The second kappa shape index (κ2) is 4.28. The number of rotatable bonds is 5. The Morgan fingerprint density at radius 2 is 1.62 bits per heavy atom. The van der Waals surface area contributed by atoms with Crippen LogP contribution in [0.15, 0.2) is 49.8 Å². The average Bonchev–Trinajstić information content (AvgIpc) is 2.57. The highest BCUT2D eigenvalue weighted by Gasteiger charge is 2.25. The molecule has 13 heavy (non-hydrogen) atoms. The van der Waals surface area contributed by atoms with Crippen LogP contribution in [-0.2, 0) is 0 Å². The van der Waals surface area contributed by atoms with Gasteiger partial charge in [0.25, 0.3) is 0 Å². The highest BCUT2D eigenvalue weighted by Crippen LogP contribution is 2.19. The van der Waals surface area contributed by atoms with E-state index in [1.165, 1.54) is 0 Å². The van der Waals surface area contributed by atoms with Gasteiger partial charge in [-0.1, -0.05) is 18.7 Å². The number of allylic oxidation sites excluding steroid dienone is 2. The van der Waals surface area contributed by atoms with Crippen LogP contribution in [0.3, 0.4) is 0 Å². The molecule has 1 rings (SSSR count). The van der Waals surface area contributed by atoms with Crippen LogP contribution in [-0.4, -0.2) is 12.5 Å². The molecule has 0 atom stereocenters. The first-order chi connectivity index (χ1) is 6.23. The van der Waals surface area contributed by atoms with Crippen molar-refractivity contribution in [2.45, 2.75) is 18.6 Å². The lowest BCUT2D eigenvalue weighted by atomic mass is 10.7. The Labute approximate surface area is 81.5 Å². The van der Waals surface area contributed by atoms with Gasteiger partial charge in [-0.25, -0.2) is 0 Å². The third-order valence-electron chi connectivity index (χ3n) is 2.40. The Balaban J connectivity index is 2.89. The van der Waals surface area contributed by atoms with Crippen LogP contribution in [0, 0.1) is 0 Å². The smallest absolute Gasteiger partial charge is 0.165 e. The third-order valence-corrected chi connectivity index (χ3v) is 6.28. The minimum absolute atomic E-state index is 1.10. The summed E-state index contributed by atoms with van der Waals surface area (Å²) in [4.78, 5) is 0. The van der Waals surface area contributed by atoms with Crippen LogP contribution in [0.25, 0.3) is 0 Å². The van der Waals surface area contributed by atoms with E-state index in [0.717, 1.165) is 12.1 Å². The van der Waals surface area contributed by atoms with E-state index in [4.69, 9.17) is 0 Å². The normalized spacial score (nSPS) is 11.2. The monoisotopic (exact) mass is 191 g/mol. The summed E-state index contributed by atoms with van der Waals surface area (Å²) in [6.45, 7) is 10.0. The van der Waals surface area contributed by atoms with Crippen LogP contribution in [0.4, 0.5) is 0 Å². The van der Waals surface area contributed by atoms with Gasteiger partial charge in [-0.15, -0.1) is 13.2 Å². The van der Waals surface area contributed by atoms with Gasteiger partial charge in [0.1, 0.15) is 0 Å². The Kier molecular flexibility index (Phi) is 3.31. The zero-order valence-corrected chi connectivity index (χ0v) is 9.24. The summed E-state index contributed by atoms with van der Waals surface area (Å²) in [5.41, 5.74) is 0. The molecule has 0 saturated carbocycles. The SMILES string of the molecule is C=CC[Si](C)(CC=C)n1cccc1. The lowest BCUT2D eigenvalue weighted by Gasteiger charge is -2.26. The quantitative estimate of drug-likeness (QED) is 0.497. The van der Waals surface area contributed by atoms with Crippen molar-refractivity contribution in [2.24, 2.45) is 0 Å². The molecule has 1 aromatic rings. The molecule has 0 unspecified atom stereocenters. The topological polar surface area (TPSA) is 4.93 Å². The lowest BCUT2D eigenvalue weighted by Crippen LogP contribution is -2.37. The van der Waals surface area contributed by atoms with E-state index in [0.29, 0.717) is 0 Å². The molecular weight excluding hydrogens is 174 g/mol. The van der Waals surface area contributed by atoms with Crippen LogP contribution in [0.2, 0.25) is 18.6 Å². The molecule has 70 valence electrons. The lowest BCUT2D eigenvalue weighted by molar-refractivity contribution is 1.10. The van der Waals surface area contributed by atoms with Gasteiger partial charge in [-0.3, -0.25) is 0 Å². The van der Waals surface area contributed by atoms with E-state index < -0.39 is 8.24 Å². The maximum atomic E-state index is 3.82. The molecule has 0 N–H and O–H groups in total. The fraction of sp³-hybridized carbons (Fsp3) is 0.273. The number of nitrogens with zero attached hydrogens (tertiary/aromatic N) is 1. The summed E-state index contributed by atoms with van der Waals surface area (Å²) in [5.74, 6) is 0. The molecule has 0 aliphatic heterocycles. The summed E-state index contributed by atoms with van der Waals surface area (Å²) >= 11 is 0. The minimum Gasteiger partial charge on any atom is -0.380 e. The zero-order chi connectivity index (χ0) is 9.73. The van der Waals surface area contributed by atoms with E-state index in [1.54, 1.807) is 0 Å². The zero-order valence-electron chi connectivity index (χ0n) is 8.24. The van der Waals surface area contributed by atoms with Crippen LogP contribution < -0.4 is 0 Å². The maximum absolute atomic E-state index is 3.82. The standard InChI is InChI=1S/C11H17NSi/c1-4-10-13(3,11-5-2)12-8-6-7-9-12/h4-9H,1-2,10-11H2,3H3. The van der Waals surface area contributed by atoms with Gasteiger partial charge < -0.3 is 4.23 Å². The maximum Gasteiger partial charge on any atom is 0.165 e. The number of aromatic nitrogens is 1. The Morgan fingerprint density at radius 1 is 1.15 bits per heavy atom. The molecule has 1 nitrogen and oxygen atoms in total. The molecule has 2 heteroatoms. The fourth-order valence-corrected chi connectivity index (χ4v) is 4.33. The number of hydrogen-bond donors (Lipinski definition) is 0. The molecule has 0 bridgehead atoms. The van der Waals surface area contributed by atoms with Gasteiger partial charge in [-0.2, -0.15) is 0 Å². The first-order valence-electron chi connectivity index (χ1n) is 4.58. The molecule has 0 amide bonds. The summed E-state index contributed by atoms with van der Waals surface area (Å²) in [7, 11) is -1.39. The second-order valence-corrected chi connectivity index (χ2v) is 7.90. The molecule has 0 saturated heterocycles. The van der Waals surface area contributed by atoms with Crippen LogP contribution in [0.1, 0.15) is 0 Å². The molecule has 0 aliphatic carbocycles. The molecule has 0 fully saturated rings. The summed E-state index contributed by atoms with van der Waals surface area (Å²) in [5, 5.41) is 0. The highest BCUT2D eigenvalue weighted by atomic mass is 28.3. The van der Waals surface area contributed by atoms with Crippen molar-refractivity contribution < 1.29 is 0 Å². The van der Waals surface area contributed by atoms with Gasteiger partial charge in [0.05, 0.1) is 0 Å². The first-order valence-corrected chi connectivity index (χ1v) is 7.44. The van der Waals surface area contributed by atoms with Gasteiger partial charge in [0.15, 0.2) is 8.24 Å². The van der Waals surface area contributed by atoms with Crippen molar-refractivity contribution in [1.82, 2.24) is 4.23 Å². The molecule has 0 aliphatic rings. The van der Waals surface area contributed by atoms with Crippen molar-refractivity contribution in [1.29, 1.82) is 0 Å². The van der Waals surface area contributed by atoms with Crippen molar-refractivity contribution in [2.75, 3.05) is 0 Å². The van der Waals surface area contributed by atoms with Gasteiger partial charge in [-0.05, 0) is 36.6 Å². The van der Waals surface area contributed by atoms with E-state index >= 15 is 0 Å². The molecule has 1 heterocycles.